The van der Waals surface area contributed by atoms with E-state index >= 15 is 0 Å². The van der Waals surface area contributed by atoms with Crippen molar-refractivity contribution >= 4 is 0 Å². The maximum absolute atomic E-state index is 2.38. The molecule has 2 heteroatoms. The maximum Gasteiger partial charge on any atom is 0.0768 e. The van der Waals surface area contributed by atoms with Crippen LogP contribution in [0.3, 0.4) is 0 Å². The number of rotatable bonds is 16. The number of nitrogens with one attached hydrogen (secondary N) is 1. The van der Waals surface area contributed by atoms with Crippen molar-refractivity contribution in [2.75, 3.05) is 20.1 Å². The molecule has 0 saturated carbocycles. The molecule has 1 N–H and O–H groups in total. The zero-order valence-electron chi connectivity index (χ0n) is 15.2. The minimum absolute atomic E-state index is 0. The SMILES string of the molecule is CCCCCCCCCC[NH+](C)CCCCCCCC.[Cl-]. The Bertz CT molecular complexity index is 173. The predicted molar refractivity (Wildman–Crippen MR) is 92.6 cm³/mol. The van der Waals surface area contributed by atoms with E-state index in [0.29, 0.717) is 0 Å². The summed E-state index contributed by atoms with van der Waals surface area (Å²) in [5.41, 5.74) is 0. The molecule has 0 rings (SSSR count). The summed E-state index contributed by atoms with van der Waals surface area (Å²) in [5, 5.41) is 0. The largest absolute Gasteiger partial charge is 1.00 e. The van der Waals surface area contributed by atoms with Gasteiger partial charge in [-0.2, -0.15) is 0 Å². The highest BCUT2D eigenvalue weighted by Gasteiger charge is 2.01. The monoisotopic (exact) mass is 319 g/mol. The first-order chi connectivity index (χ1) is 9.81. The fourth-order valence-electron chi connectivity index (χ4n) is 2.89. The Morgan fingerprint density at radius 3 is 1.10 bits per heavy atom. The second kappa shape index (κ2) is 20.2. The summed E-state index contributed by atoms with van der Waals surface area (Å²) in [6, 6.07) is 0. The van der Waals surface area contributed by atoms with Crippen LogP contribution < -0.4 is 17.3 Å². The van der Waals surface area contributed by atoms with Gasteiger partial charge in [-0.1, -0.05) is 78.1 Å². The quantitative estimate of drug-likeness (QED) is 0.415. The summed E-state index contributed by atoms with van der Waals surface area (Å²) in [6.07, 6.45) is 20.2. The Morgan fingerprint density at radius 1 is 0.476 bits per heavy atom. The number of hydrogen-bond acceptors (Lipinski definition) is 0. The van der Waals surface area contributed by atoms with Crippen LogP contribution in [0.5, 0.6) is 0 Å². The first-order valence-electron chi connectivity index (χ1n) is 9.62. The molecule has 0 aromatic carbocycles. The molecule has 1 unspecified atom stereocenters. The van der Waals surface area contributed by atoms with Crippen LogP contribution >= 0.6 is 0 Å². The van der Waals surface area contributed by atoms with Crippen LogP contribution in [0.25, 0.3) is 0 Å². The molecular formula is C19H42ClN. The molecule has 0 aliphatic carbocycles. The van der Waals surface area contributed by atoms with E-state index in [2.05, 4.69) is 20.9 Å². The standard InChI is InChI=1S/C19H41N.ClH/c1-4-6-8-10-12-13-15-17-19-20(3)18-16-14-11-9-7-5-2;/h4-19H2,1-3H3;1H. The Morgan fingerprint density at radius 2 is 0.762 bits per heavy atom. The van der Waals surface area contributed by atoms with E-state index in [1.54, 1.807) is 4.90 Å². The molecule has 1 atom stereocenters. The van der Waals surface area contributed by atoms with E-state index in [4.69, 9.17) is 0 Å². The van der Waals surface area contributed by atoms with E-state index in [9.17, 15) is 0 Å². The number of unbranched alkanes of at least 4 members (excludes halogenated alkanes) is 12. The molecule has 0 fully saturated rings. The van der Waals surface area contributed by atoms with Gasteiger partial charge in [-0.3, -0.25) is 0 Å². The number of quaternary nitrogens is 1. The molecule has 21 heavy (non-hydrogen) atoms. The van der Waals surface area contributed by atoms with Crippen LogP contribution in [-0.2, 0) is 0 Å². The van der Waals surface area contributed by atoms with Crippen LogP contribution in [0, 0.1) is 0 Å². The zero-order valence-corrected chi connectivity index (χ0v) is 15.9. The van der Waals surface area contributed by atoms with Gasteiger partial charge in [-0.15, -0.1) is 0 Å². The summed E-state index contributed by atoms with van der Waals surface area (Å²) < 4.78 is 0. The van der Waals surface area contributed by atoms with Crippen molar-refractivity contribution in [2.45, 2.75) is 104 Å². The number of halogens is 1. The van der Waals surface area contributed by atoms with Crippen LogP contribution in [0.2, 0.25) is 0 Å². The highest BCUT2D eigenvalue weighted by molar-refractivity contribution is 4.46. The molecular weight excluding hydrogens is 278 g/mol. The minimum Gasteiger partial charge on any atom is -1.00 e. The van der Waals surface area contributed by atoms with Crippen molar-refractivity contribution in [1.82, 2.24) is 0 Å². The summed E-state index contributed by atoms with van der Waals surface area (Å²) in [4.78, 5) is 1.76. The lowest BCUT2D eigenvalue weighted by molar-refractivity contribution is -0.880. The summed E-state index contributed by atoms with van der Waals surface area (Å²) in [6.45, 7) is 7.37. The summed E-state index contributed by atoms with van der Waals surface area (Å²) >= 11 is 0. The Kier molecular flexibility index (Phi) is 22.7. The molecule has 0 radical (unpaired) electrons. The third kappa shape index (κ3) is 20.2. The molecule has 0 aromatic heterocycles. The molecule has 1 nitrogen and oxygen atoms in total. The smallest absolute Gasteiger partial charge is 0.0768 e. The molecule has 0 spiro atoms. The Hall–Kier alpha value is 0.250. The van der Waals surface area contributed by atoms with Gasteiger partial charge in [0, 0.05) is 0 Å². The van der Waals surface area contributed by atoms with Gasteiger partial charge in [-0.25, -0.2) is 0 Å². The lowest BCUT2D eigenvalue weighted by atomic mass is 10.1. The molecule has 0 aromatic rings. The van der Waals surface area contributed by atoms with Crippen molar-refractivity contribution in [3.05, 3.63) is 0 Å². The molecule has 0 aliphatic rings. The molecule has 0 saturated heterocycles. The highest BCUT2D eigenvalue weighted by Crippen LogP contribution is 2.07. The van der Waals surface area contributed by atoms with Crippen molar-refractivity contribution < 1.29 is 17.3 Å². The van der Waals surface area contributed by atoms with E-state index in [-0.39, 0.29) is 12.4 Å². The normalized spacial score (nSPS) is 12.1. The van der Waals surface area contributed by atoms with Crippen molar-refractivity contribution in [1.29, 1.82) is 0 Å². The van der Waals surface area contributed by atoms with E-state index in [1.165, 1.54) is 103 Å². The Balaban J connectivity index is 0. The average Bonchev–Trinajstić information content (AvgIpc) is 2.45. The van der Waals surface area contributed by atoms with Gasteiger partial charge in [0.15, 0.2) is 0 Å². The van der Waals surface area contributed by atoms with Crippen LogP contribution in [0.4, 0.5) is 0 Å². The van der Waals surface area contributed by atoms with Crippen molar-refractivity contribution in [2.24, 2.45) is 0 Å². The zero-order chi connectivity index (χ0) is 14.9. The topological polar surface area (TPSA) is 4.44 Å². The molecule has 130 valence electrons. The lowest BCUT2D eigenvalue weighted by Crippen LogP contribution is -3.09. The first-order valence-corrected chi connectivity index (χ1v) is 9.62. The molecule has 0 bridgehead atoms. The molecule has 0 heterocycles. The van der Waals surface area contributed by atoms with Gasteiger partial charge < -0.3 is 17.3 Å². The fourth-order valence-corrected chi connectivity index (χ4v) is 2.89. The second-order valence-corrected chi connectivity index (χ2v) is 6.70. The second-order valence-electron chi connectivity index (χ2n) is 6.70. The molecule has 0 aliphatic heterocycles. The minimum atomic E-state index is 0. The maximum atomic E-state index is 2.38. The fraction of sp³-hybridized carbons (Fsp3) is 1.00. The highest BCUT2D eigenvalue weighted by atomic mass is 35.5. The van der Waals surface area contributed by atoms with Gasteiger partial charge in [-0.05, 0) is 25.7 Å². The summed E-state index contributed by atoms with van der Waals surface area (Å²) in [5.74, 6) is 0. The first kappa shape index (κ1) is 23.5. The third-order valence-electron chi connectivity index (χ3n) is 4.41. The van der Waals surface area contributed by atoms with E-state index in [1.807, 2.05) is 0 Å². The van der Waals surface area contributed by atoms with Crippen molar-refractivity contribution in [3.63, 3.8) is 0 Å². The van der Waals surface area contributed by atoms with Gasteiger partial charge in [0.05, 0.1) is 20.1 Å². The van der Waals surface area contributed by atoms with E-state index in [0.717, 1.165) is 0 Å². The van der Waals surface area contributed by atoms with Gasteiger partial charge in [0.25, 0.3) is 0 Å². The summed E-state index contributed by atoms with van der Waals surface area (Å²) in [7, 11) is 2.38. The average molecular weight is 320 g/mol. The lowest BCUT2D eigenvalue weighted by Gasteiger charge is -2.13. The third-order valence-corrected chi connectivity index (χ3v) is 4.41. The predicted octanol–water partition coefficient (Wildman–Crippen LogP) is 2.01. The Labute approximate surface area is 141 Å². The van der Waals surface area contributed by atoms with Crippen molar-refractivity contribution in [3.8, 4) is 0 Å². The van der Waals surface area contributed by atoms with Gasteiger partial charge >= 0.3 is 0 Å². The van der Waals surface area contributed by atoms with Crippen LogP contribution in [0.1, 0.15) is 104 Å². The van der Waals surface area contributed by atoms with Crippen LogP contribution in [-0.4, -0.2) is 20.1 Å². The van der Waals surface area contributed by atoms with E-state index < -0.39 is 0 Å². The molecule has 0 amide bonds. The van der Waals surface area contributed by atoms with Crippen LogP contribution in [0.15, 0.2) is 0 Å². The van der Waals surface area contributed by atoms with Gasteiger partial charge in [0.2, 0.25) is 0 Å². The number of hydrogen-bond donors (Lipinski definition) is 1. The van der Waals surface area contributed by atoms with Gasteiger partial charge in [0.1, 0.15) is 0 Å².